The fourth-order valence-corrected chi connectivity index (χ4v) is 2.35. The molecule has 78 valence electrons. The quantitative estimate of drug-likeness (QED) is 0.740. The smallest absolute Gasteiger partial charge is 0.120 e. The van der Waals surface area contributed by atoms with Gasteiger partial charge in [-0.3, -0.25) is 4.98 Å². The first-order chi connectivity index (χ1) is 7.13. The molecule has 0 saturated heterocycles. The number of aryl methyl sites for hydroxylation is 1. The molecule has 15 heavy (non-hydrogen) atoms. The molecule has 0 atom stereocenters. The topological polar surface area (TPSA) is 22.1 Å². The van der Waals surface area contributed by atoms with Crippen molar-refractivity contribution >= 4 is 45.1 Å². The minimum Gasteiger partial charge on any atom is -0.497 e. The van der Waals surface area contributed by atoms with Gasteiger partial charge in [-0.15, -0.1) is 0 Å². The number of nitrogens with zero attached hydrogens (tertiary/aromatic N) is 1. The number of methoxy groups -OCH3 is 1. The summed E-state index contributed by atoms with van der Waals surface area (Å²) >= 11 is 8.46. The number of rotatable bonds is 1. The van der Waals surface area contributed by atoms with Gasteiger partial charge < -0.3 is 4.74 Å². The molecule has 2 rings (SSSR count). The molecule has 0 N–H and O–H groups in total. The Kier molecular flexibility index (Phi) is 3.02. The van der Waals surface area contributed by atoms with Crippen LogP contribution < -0.4 is 4.74 Å². The van der Waals surface area contributed by atoms with E-state index in [0.29, 0.717) is 0 Å². The first kappa shape index (κ1) is 11.0. The van der Waals surface area contributed by atoms with Crippen LogP contribution in [0.5, 0.6) is 5.75 Å². The predicted octanol–water partition coefficient (Wildman–Crippen LogP) is 3.81. The molecule has 0 fully saturated rings. The second-order valence-electron chi connectivity index (χ2n) is 3.26. The van der Waals surface area contributed by atoms with Crippen LogP contribution in [0.2, 0.25) is 5.02 Å². The number of fused-ring (bicyclic) bond motifs is 1. The molecule has 0 radical (unpaired) electrons. The van der Waals surface area contributed by atoms with E-state index in [4.69, 9.17) is 16.3 Å². The zero-order chi connectivity index (χ0) is 11.0. The summed E-state index contributed by atoms with van der Waals surface area (Å²) in [6.07, 6.45) is 1.79. The van der Waals surface area contributed by atoms with E-state index in [0.717, 1.165) is 30.8 Å². The Morgan fingerprint density at radius 3 is 2.80 bits per heavy atom. The number of benzene rings is 1. The van der Waals surface area contributed by atoms with E-state index < -0.39 is 0 Å². The molecule has 0 aliphatic rings. The monoisotopic (exact) mass is 333 g/mol. The molecule has 2 aromatic rings. The molecular weight excluding hydrogens is 324 g/mol. The average molecular weight is 334 g/mol. The average Bonchev–Trinajstić information content (AvgIpc) is 2.23. The van der Waals surface area contributed by atoms with E-state index in [9.17, 15) is 0 Å². The van der Waals surface area contributed by atoms with Crippen LogP contribution in [0, 0.1) is 10.5 Å². The maximum Gasteiger partial charge on any atom is 0.120 e. The van der Waals surface area contributed by atoms with Gasteiger partial charge in [0.2, 0.25) is 0 Å². The summed E-state index contributed by atoms with van der Waals surface area (Å²) in [5, 5.41) is 1.69. The van der Waals surface area contributed by atoms with E-state index in [1.165, 1.54) is 0 Å². The molecule has 2 nitrogen and oxygen atoms in total. The largest absolute Gasteiger partial charge is 0.497 e. The van der Waals surface area contributed by atoms with E-state index in [2.05, 4.69) is 27.6 Å². The first-order valence-electron chi connectivity index (χ1n) is 4.42. The van der Waals surface area contributed by atoms with Gasteiger partial charge in [-0.1, -0.05) is 11.6 Å². The van der Waals surface area contributed by atoms with Crippen molar-refractivity contribution in [1.82, 2.24) is 4.98 Å². The van der Waals surface area contributed by atoms with Gasteiger partial charge in [0.05, 0.1) is 17.6 Å². The number of pyridine rings is 1. The lowest BCUT2D eigenvalue weighted by molar-refractivity contribution is 0.415. The SMILES string of the molecule is COc1cc(I)c2ncc(C)c(Cl)c2c1. The summed E-state index contributed by atoms with van der Waals surface area (Å²) in [5.74, 6) is 0.807. The Morgan fingerprint density at radius 1 is 1.40 bits per heavy atom. The molecule has 0 amide bonds. The fourth-order valence-electron chi connectivity index (χ4n) is 1.42. The van der Waals surface area contributed by atoms with Gasteiger partial charge in [0, 0.05) is 15.2 Å². The van der Waals surface area contributed by atoms with Crippen LogP contribution in [0.15, 0.2) is 18.3 Å². The highest BCUT2D eigenvalue weighted by atomic mass is 127. The summed E-state index contributed by atoms with van der Waals surface area (Å²) < 4.78 is 6.25. The maximum absolute atomic E-state index is 6.23. The second kappa shape index (κ2) is 4.14. The standard InChI is InChI=1S/C11H9ClINO/c1-6-5-14-11-8(10(6)12)3-7(15-2)4-9(11)13/h3-5H,1-2H3. The van der Waals surface area contributed by atoms with Crippen LogP contribution >= 0.6 is 34.2 Å². The third kappa shape index (κ3) is 1.90. The van der Waals surface area contributed by atoms with Gasteiger partial charge in [-0.05, 0) is 47.2 Å². The van der Waals surface area contributed by atoms with E-state index in [1.807, 2.05) is 19.1 Å². The Hall–Kier alpha value is -0.550. The molecule has 4 heteroatoms. The van der Waals surface area contributed by atoms with Crippen LogP contribution in [0.1, 0.15) is 5.56 Å². The van der Waals surface area contributed by atoms with Crippen molar-refractivity contribution in [3.8, 4) is 5.75 Å². The van der Waals surface area contributed by atoms with Crippen molar-refractivity contribution in [3.63, 3.8) is 0 Å². The summed E-state index contributed by atoms with van der Waals surface area (Å²) in [5.41, 5.74) is 1.90. The minimum absolute atomic E-state index is 0.747. The fraction of sp³-hybridized carbons (Fsp3) is 0.182. The zero-order valence-corrected chi connectivity index (χ0v) is 11.3. The van der Waals surface area contributed by atoms with Gasteiger partial charge in [-0.25, -0.2) is 0 Å². The lowest BCUT2D eigenvalue weighted by atomic mass is 10.1. The lowest BCUT2D eigenvalue weighted by Gasteiger charge is -2.07. The molecule has 0 saturated carbocycles. The number of hydrogen-bond acceptors (Lipinski definition) is 2. The van der Waals surface area contributed by atoms with Crippen molar-refractivity contribution in [2.24, 2.45) is 0 Å². The molecular formula is C11H9ClINO. The summed E-state index contributed by atoms with van der Waals surface area (Å²) in [4.78, 5) is 4.37. The van der Waals surface area contributed by atoms with Crippen LogP contribution in [0.25, 0.3) is 10.9 Å². The van der Waals surface area contributed by atoms with Crippen molar-refractivity contribution < 1.29 is 4.74 Å². The van der Waals surface area contributed by atoms with Gasteiger partial charge in [-0.2, -0.15) is 0 Å². The molecule has 0 aliphatic heterocycles. The van der Waals surface area contributed by atoms with E-state index in [1.54, 1.807) is 13.3 Å². The van der Waals surface area contributed by atoms with Gasteiger partial charge >= 0.3 is 0 Å². The van der Waals surface area contributed by atoms with Crippen molar-refractivity contribution in [2.45, 2.75) is 6.92 Å². The van der Waals surface area contributed by atoms with Gasteiger partial charge in [0.25, 0.3) is 0 Å². The maximum atomic E-state index is 6.23. The van der Waals surface area contributed by atoms with Crippen LogP contribution in [-0.4, -0.2) is 12.1 Å². The Bertz CT molecular complexity index is 527. The van der Waals surface area contributed by atoms with E-state index in [-0.39, 0.29) is 0 Å². The number of aromatic nitrogens is 1. The summed E-state index contributed by atoms with van der Waals surface area (Å²) in [6, 6.07) is 3.86. The Labute approximate surface area is 107 Å². The minimum atomic E-state index is 0.747. The normalized spacial score (nSPS) is 10.7. The van der Waals surface area contributed by atoms with Crippen molar-refractivity contribution in [3.05, 3.63) is 32.5 Å². The third-order valence-electron chi connectivity index (χ3n) is 2.24. The highest BCUT2D eigenvalue weighted by molar-refractivity contribution is 14.1. The summed E-state index contributed by atoms with van der Waals surface area (Å²) in [7, 11) is 1.65. The first-order valence-corrected chi connectivity index (χ1v) is 5.87. The Balaban J connectivity index is 2.86. The van der Waals surface area contributed by atoms with Crippen LogP contribution in [-0.2, 0) is 0 Å². The molecule has 0 spiro atoms. The second-order valence-corrected chi connectivity index (χ2v) is 4.80. The van der Waals surface area contributed by atoms with Crippen LogP contribution in [0.4, 0.5) is 0 Å². The molecule has 0 aliphatic carbocycles. The number of ether oxygens (including phenoxy) is 1. The van der Waals surface area contributed by atoms with Crippen molar-refractivity contribution in [2.75, 3.05) is 7.11 Å². The molecule has 1 aromatic heterocycles. The molecule has 1 aromatic carbocycles. The molecule has 0 bridgehead atoms. The molecule has 1 heterocycles. The van der Waals surface area contributed by atoms with E-state index >= 15 is 0 Å². The number of halogens is 2. The molecule has 0 unspecified atom stereocenters. The Morgan fingerprint density at radius 2 is 2.13 bits per heavy atom. The highest BCUT2D eigenvalue weighted by Gasteiger charge is 2.08. The van der Waals surface area contributed by atoms with Crippen molar-refractivity contribution in [1.29, 1.82) is 0 Å². The lowest BCUT2D eigenvalue weighted by Crippen LogP contribution is -1.90. The van der Waals surface area contributed by atoms with Crippen LogP contribution in [0.3, 0.4) is 0 Å². The summed E-state index contributed by atoms with van der Waals surface area (Å²) in [6.45, 7) is 1.95. The van der Waals surface area contributed by atoms with Gasteiger partial charge in [0.1, 0.15) is 5.75 Å². The predicted molar refractivity (Wildman–Crippen MR) is 70.8 cm³/mol. The third-order valence-corrected chi connectivity index (χ3v) is 3.57. The highest BCUT2D eigenvalue weighted by Crippen LogP contribution is 2.31. The number of hydrogen-bond donors (Lipinski definition) is 0. The zero-order valence-electron chi connectivity index (χ0n) is 8.34. The van der Waals surface area contributed by atoms with Gasteiger partial charge in [0.15, 0.2) is 0 Å².